The Morgan fingerprint density at radius 3 is 2.00 bits per heavy atom. The molecule has 2 N–H and O–H groups in total. The number of aryl methyl sites for hydroxylation is 1. The Morgan fingerprint density at radius 1 is 1.06 bits per heavy atom. The monoisotopic (exact) mass is 295 g/mol. The summed E-state index contributed by atoms with van der Waals surface area (Å²) >= 11 is 0. The van der Waals surface area contributed by atoms with Crippen LogP contribution in [0.3, 0.4) is 0 Å². The summed E-state index contributed by atoms with van der Waals surface area (Å²) in [5.41, 5.74) is 0.230. The van der Waals surface area contributed by atoms with Crippen molar-refractivity contribution in [2.75, 3.05) is 6.61 Å². The van der Waals surface area contributed by atoms with Crippen LogP contribution in [0.4, 0.5) is 0 Å². The molecule has 0 aromatic heterocycles. The van der Waals surface area contributed by atoms with Crippen molar-refractivity contribution in [1.29, 1.82) is 0 Å². The van der Waals surface area contributed by atoms with Gasteiger partial charge in [0.15, 0.2) is 0 Å². The fraction of sp³-hybridized carbons (Fsp3) is 0.333. The Morgan fingerprint density at radius 2 is 1.61 bits per heavy atom. The Bertz CT molecular complexity index is 658. The van der Waals surface area contributed by atoms with E-state index < -0.39 is 36.6 Å². The molecular formula is C9H11O7S2. The van der Waals surface area contributed by atoms with Gasteiger partial charge in [0, 0.05) is 6.42 Å². The van der Waals surface area contributed by atoms with E-state index in [0.29, 0.717) is 6.07 Å². The fourth-order valence-electron chi connectivity index (χ4n) is 1.55. The number of rotatable bonds is 4. The predicted molar refractivity (Wildman–Crippen MR) is 60.1 cm³/mol. The van der Waals surface area contributed by atoms with E-state index in [1.54, 1.807) is 0 Å². The molecule has 0 bridgehead atoms. The summed E-state index contributed by atoms with van der Waals surface area (Å²) in [6.07, 6.45) is -0.174. The van der Waals surface area contributed by atoms with Crippen LogP contribution in [0.15, 0.2) is 21.9 Å². The lowest BCUT2D eigenvalue weighted by Gasteiger charge is -2.11. The van der Waals surface area contributed by atoms with Gasteiger partial charge in [-0.3, -0.25) is 9.11 Å². The minimum absolute atomic E-state index is 0.0416. The van der Waals surface area contributed by atoms with Crippen LogP contribution in [0.1, 0.15) is 11.1 Å². The van der Waals surface area contributed by atoms with Crippen molar-refractivity contribution in [2.45, 2.75) is 23.1 Å². The summed E-state index contributed by atoms with van der Waals surface area (Å²) < 4.78 is 62.0. The van der Waals surface area contributed by atoms with Crippen LogP contribution in [0.5, 0.6) is 0 Å². The Labute approximate surface area is 105 Å². The normalized spacial score (nSPS) is 12.7. The number of hydrogen-bond donors (Lipinski definition) is 2. The summed E-state index contributed by atoms with van der Waals surface area (Å²) in [5, 5.41) is 10.6. The second-order valence-corrected chi connectivity index (χ2v) is 6.43. The molecule has 9 heteroatoms. The van der Waals surface area contributed by atoms with E-state index in [0.717, 1.165) is 6.07 Å². The summed E-state index contributed by atoms with van der Waals surface area (Å²) in [6.45, 7) is 0.767. The van der Waals surface area contributed by atoms with Crippen molar-refractivity contribution in [2.24, 2.45) is 0 Å². The van der Waals surface area contributed by atoms with E-state index in [1.165, 1.54) is 6.92 Å². The highest BCUT2D eigenvalue weighted by Crippen LogP contribution is 2.24. The zero-order chi connectivity index (χ0) is 14.1. The molecule has 7 nitrogen and oxygen atoms in total. The predicted octanol–water partition coefficient (Wildman–Crippen LogP) is 0.461. The maximum atomic E-state index is 11.1. The van der Waals surface area contributed by atoms with Crippen molar-refractivity contribution in [3.8, 4) is 0 Å². The average molecular weight is 295 g/mol. The van der Waals surface area contributed by atoms with Crippen molar-refractivity contribution in [1.82, 2.24) is 0 Å². The number of benzene rings is 1. The van der Waals surface area contributed by atoms with Gasteiger partial charge >= 0.3 is 0 Å². The fourth-order valence-corrected chi connectivity index (χ4v) is 3.07. The van der Waals surface area contributed by atoms with E-state index in [-0.39, 0.29) is 17.5 Å². The second kappa shape index (κ2) is 4.94. The summed E-state index contributed by atoms with van der Waals surface area (Å²) in [6, 6.07) is 1.66. The van der Waals surface area contributed by atoms with Crippen LogP contribution >= 0.6 is 0 Å². The lowest BCUT2D eigenvalue weighted by Crippen LogP contribution is -2.09. The van der Waals surface area contributed by atoms with Crippen molar-refractivity contribution in [3.63, 3.8) is 0 Å². The molecule has 0 amide bonds. The molecule has 18 heavy (non-hydrogen) atoms. The van der Waals surface area contributed by atoms with E-state index in [9.17, 15) is 21.9 Å². The van der Waals surface area contributed by atoms with Gasteiger partial charge in [-0.2, -0.15) is 16.8 Å². The molecule has 0 saturated heterocycles. The molecule has 1 aromatic carbocycles. The quantitative estimate of drug-likeness (QED) is 0.776. The third-order valence-electron chi connectivity index (χ3n) is 2.33. The molecular weight excluding hydrogens is 284 g/mol. The maximum absolute atomic E-state index is 11.1. The summed E-state index contributed by atoms with van der Waals surface area (Å²) in [4.78, 5) is -1.33. The first-order valence-electron chi connectivity index (χ1n) is 4.74. The lowest BCUT2D eigenvalue weighted by molar-refractivity contribution is 0.196. The highest BCUT2D eigenvalue weighted by atomic mass is 32.2. The van der Waals surface area contributed by atoms with Gasteiger partial charge in [0.05, 0.1) is 16.4 Å². The van der Waals surface area contributed by atoms with Gasteiger partial charge in [-0.15, -0.1) is 0 Å². The first kappa shape index (κ1) is 15.1. The zero-order valence-corrected chi connectivity index (χ0v) is 11.0. The first-order valence-corrected chi connectivity index (χ1v) is 7.62. The maximum Gasteiger partial charge on any atom is 0.294 e. The van der Waals surface area contributed by atoms with Gasteiger partial charge in [0.2, 0.25) is 0 Å². The van der Waals surface area contributed by atoms with E-state index in [1.807, 2.05) is 0 Å². The van der Waals surface area contributed by atoms with Crippen molar-refractivity contribution >= 4 is 20.2 Å². The van der Waals surface area contributed by atoms with Gasteiger partial charge in [0.25, 0.3) is 20.2 Å². The molecule has 0 spiro atoms. The minimum atomic E-state index is -4.68. The first-order chi connectivity index (χ1) is 8.07. The van der Waals surface area contributed by atoms with E-state index in [4.69, 9.17) is 9.11 Å². The Balaban J connectivity index is 3.69. The molecule has 0 saturated carbocycles. The zero-order valence-electron chi connectivity index (χ0n) is 9.32. The van der Waals surface area contributed by atoms with Gasteiger partial charge in [-0.25, -0.2) is 5.11 Å². The molecule has 0 aliphatic rings. The molecule has 1 aromatic rings. The molecule has 1 rings (SSSR count). The third kappa shape index (κ3) is 3.27. The Hall–Kier alpha value is -1.00. The number of hydrogen-bond acceptors (Lipinski definition) is 4. The molecule has 0 unspecified atom stereocenters. The van der Waals surface area contributed by atoms with Crippen LogP contribution in [-0.4, -0.2) is 32.5 Å². The Kier molecular flexibility index (Phi) is 4.13. The standard InChI is InChI=1S/C9H11O7S2/c1-6-4-7(17(11,12)13)5-9(18(14,15)16)8(6)2-3-10/h4-5H,2-3H2,1H3,(H,11,12,13)(H,14,15,16). The van der Waals surface area contributed by atoms with Crippen LogP contribution in [0, 0.1) is 6.92 Å². The molecule has 1 radical (unpaired) electrons. The molecule has 0 heterocycles. The molecule has 0 fully saturated rings. The summed E-state index contributed by atoms with van der Waals surface area (Å²) in [7, 11) is -9.27. The van der Waals surface area contributed by atoms with E-state index >= 15 is 0 Å². The van der Waals surface area contributed by atoms with Gasteiger partial charge in [-0.1, -0.05) is 0 Å². The molecule has 0 atom stereocenters. The summed E-state index contributed by atoms with van der Waals surface area (Å²) in [5.74, 6) is 0. The minimum Gasteiger partial charge on any atom is -0.282 e. The van der Waals surface area contributed by atoms with Crippen LogP contribution in [-0.2, 0) is 31.8 Å². The van der Waals surface area contributed by atoms with Crippen LogP contribution in [0.2, 0.25) is 0 Å². The van der Waals surface area contributed by atoms with Crippen molar-refractivity contribution in [3.05, 3.63) is 23.3 Å². The molecule has 0 aliphatic heterocycles. The average Bonchev–Trinajstić information content (AvgIpc) is 2.17. The topological polar surface area (TPSA) is 129 Å². The molecule has 0 aliphatic carbocycles. The van der Waals surface area contributed by atoms with Crippen molar-refractivity contribution < 1.29 is 31.0 Å². The second-order valence-electron chi connectivity index (χ2n) is 3.62. The van der Waals surface area contributed by atoms with E-state index in [2.05, 4.69) is 0 Å². The highest BCUT2D eigenvalue weighted by molar-refractivity contribution is 7.86. The van der Waals surface area contributed by atoms with Crippen LogP contribution < -0.4 is 0 Å². The SMILES string of the molecule is Cc1cc(S(=O)(=O)O)cc(S(=O)(=O)O)c1CC[O]. The highest BCUT2D eigenvalue weighted by Gasteiger charge is 2.22. The third-order valence-corrected chi connectivity index (χ3v) is 4.08. The largest absolute Gasteiger partial charge is 0.294 e. The smallest absolute Gasteiger partial charge is 0.282 e. The molecule has 101 valence electrons. The van der Waals surface area contributed by atoms with Gasteiger partial charge in [-0.05, 0) is 30.2 Å². The lowest BCUT2D eigenvalue weighted by atomic mass is 10.1. The van der Waals surface area contributed by atoms with Gasteiger partial charge in [0.1, 0.15) is 0 Å². The van der Waals surface area contributed by atoms with Crippen LogP contribution in [0.25, 0.3) is 0 Å². The van der Waals surface area contributed by atoms with Gasteiger partial charge < -0.3 is 0 Å².